The van der Waals surface area contributed by atoms with Crippen LogP contribution in [0.4, 0.5) is 0 Å². The Kier molecular flexibility index (Phi) is 3.02. The van der Waals surface area contributed by atoms with Crippen molar-refractivity contribution in [3.8, 4) is 0 Å². The molecule has 1 aliphatic rings. The lowest BCUT2D eigenvalue weighted by atomic mass is 10.2. The summed E-state index contributed by atoms with van der Waals surface area (Å²) in [6, 6.07) is -0.296. The van der Waals surface area contributed by atoms with Crippen LogP contribution in [-0.2, 0) is 4.79 Å². The van der Waals surface area contributed by atoms with E-state index in [0.29, 0.717) is 6.54 Å². The van der Waals surface area contributed by atoms with Crippen LogP contribution in [0.1, 0.15) is 19.8 Å². The van der Waals surface area contributed by atoms with Crippen molar-refractivity contribution in [3.05, 3.63) is 0 Å². The molecule has 11 heavy (non-hydrogen) atoms. The van der Waals surface area contributed by atoms with E-state index in [2.05, 4.69) is 4.90 Å². The van der Waals surface area contributed by atoms with Gasteiger partial charge >= 0.3 is 0 Å². The maximum Gasteiger partial charge on any atom is 0.163 e. The lowest BCUT2D eigenvalue weighted by Crippen LogP contribution is -2.36. The molecule has 3 heteroatoms. The Morgan fingerprint density at radius 1 is 1.55 bits per heavy atom. The van der Waals surface area contributed by atoms with Gasteiger partial charge in [0.2, 0.25) is 0 Å². The molecule has 0 bridgehead atoms. The Labute approximate surface area is 67.5 Å². The molecule has 64 valence electrons. The molecule has 3 nitrogen and oxygen atoms in total. The van der Waals surface area contributed by atoms with Crippen molar-refractivity contribution in [1.82, 2.24) is 4.90 Å². The zero-order valence-electron chi connectivity index (χ0n) is 7.05. The van der Waals surface area contributed by atoms with Crippen LogP contribution < -0.4 is 5.73 Å². The smallest absolute Gasteiger partial charge is 0.163 e. The summed E-state index contributed by atoms with van der Waals surface area (Å²) in [7, 11) is 0. The van der Waals surface area contributed by atoms with Gasteiger partial charge in [-0.3, -0.25) is 9.69 Å². The molecule has 0 saturated carbocycles. The number of nitrogens with zero attached hydrogens (tertiary/aromatic N) is 1. The Morgan fingerprint density at radius 2 is 2.09 bits per heavy atom. The number of hydrogen-bond donors (Lipinski definition) is 1. The Hall–Kier alpha value is -0.410. The second kappa shape index (κ2) is 3.83. The van der Waals surface area contributed by atoms with Gasteiger partial charge < -0.3 is 5.73 Å². The Morgan fingerprint density at radius 3 is 2.55 bits per heavy atom. The van der Waals surface area contributed by atoms with E-state index in [0.717, 1.165) is 13.1 Å². The number of carbonyl (C=O) groups excluding carboxylic acids is 1. The molecule has 0 radical (unpaired) electrons. The zero-order chi connectivity index (χ0) is 8.27. The quantitative estimate of drug-likeness (QED) is 0.625. The normalized spacial score (nSPS) is 22.0. The molecular formula is C8H16N2O. The summed E-state index contributed by atoms with van der Waals surface area (Å²) in [6.07, 6.45) is 2.46. The van der Waals surface area contributed by atoms with Gasteiger partial charge in [0.25, 0.3) is 0 Å². The van der Waals surface area contributed by atoms with Crippen LogP contribution in [0.5, 0.6) is 0 Å². The van der Waals surface area contributed by atoms with E-state index in [1.54, 1.807) is 6.92 Å². The minimum atomic E-state index is -0.296. The third-order valence-electron chi connectivity index (χ3n) is 2.09. The fraction of sp³-hybridized carbons (Fsp3) is 0.875. The first-order valence-electron chi connectivity index (χ1n) is 4.21. The summed E-state index contributed by atoms with van der Waals surface area (Å²) in [5, 5.41) is 0. The van der Waals surface area contributed by atoms with Crippen molar-refractivity contribution < 1.29 is 4.79 Å². The second-order valence-electron chi connectivity index (χ2n) is 3.24. The first kappa shape index (κ1) is 8.68. The van der Waals surface area contributed by atoms with Crippen LogP contribution in [0.3, 0.4) is 0 Å². The number of Topliss-reactive ketones (excluding diaryl/α,β-unsaturated/α-hetero) is 1. The first-order valence-corrected chi connectivity index (χ1v) is 4.21. The standard InChI is InChI=1S/C8H16N2O/c1-7(9)8(11)6-10-4-2-3-5-10/h7H,2-6,9H2,1H3. The van der Waals surface area contributed by atoms with E-state index in [-0.39, 0.29) is 11.8 Å². The van der Waals surface area contributed by atoms with Crippen molar-refractivity contribution in [2.45, 2.75) is 25.8 Å². The van der Waals surface area contributed by atoms with Crippen LogP contribution >= 0.6 is 0 Å². The second-order valence-corrected chi connectivity index (χ2v) is 3.24. The highest BCUT2D eigenvalue weighted by Gasteiger charge is 2.16. The largest absolute Gasteiger partial charge is 0.322 e. The van der Waals surface area contributed by atoms with E-state index in [1.165, 1.54) is 12.8 Å². The number of carbonyl (C=O) groups is 1. The van der Waals surface area contributed by atoms with Gasteiger partial charge in [-0.25, -0.2) is 0 Å². The van der Waals surface area contributed by atoms with E-state index < -0.39 is 0 Å². The van der Waals surface area contributed by atoms with Crippen LogP contribution in [-0.4, -0.2) is 36.4 Å². The van der Waals surface area contributed by atoms with Crippen LogP contribution in [0, 0.1) is 0 Å². The molecular weight excluding hydrogens is 140 g/mol. The van der Waals surface area contributed by atoms with Crippen LogP contribution in [0.15, 0.2) is 0 Å². The molecule has 0 aromatic heterocycles. The molecule has 1 saturated heterocycles. The predicted octanol–water partition coefficient (Wildman–Crippen LogP) is -0.00150. The van der Waals surface area contributed by atoms with Gasteiger partial charge in [-0.15, -0.1) is 0 Å². The molecule has 1 unspecified atom stereocenters. The lowest BCUT2D eigenvalue weighted by Gasteiger charge is -2.14. The zero-order valence-corrected chi connectivity index (χ0v) is 7.05. The monoisotopic (exact) mass is 156 g/mol. The summed E-state index contributed by atoms with van der Waals surface area (Å²) in [5.74, 6) is 0.159. The van der Waals surface area contributed by atoms with Gasteiger partial charge in [-0.2, -0.15) is 0 Å². The minimum absolute atomic E-state index is 0.159. The van der Waals surface area contributed by atoms with Gasteiger partial charge in [-0.1, -0.05) is 0 Å². The van der Waals surface area contributed by atoms with E-state index >= 15 is 0 Å². The highest BCUT2D eigenvalue weighted by Crippen LogP contribution is 2.06. The third-order valence-corrected chi connectivity index (χ3v) is 2.09. The number of likely N-dealkylation sites (tertiary alicyclic amines) is 1. The van der Waals surface area contributed by atoms with Crippen molar-refractivity contribution in [2.75, 3.05) is 19.6 Å². The van der Waals surface area contributed by atoms with Crippen molar-refractivity contribution >= 4 is 5.78 Å². The number of nitrogens with two attached hydrogens (primary N) is 1. The number of rotatable bonds is 3. The van der Waals surface area contributed by atoms with Gasteiger partial charge in [0.05, 0.1) is 12.6 Å². The van der Waals surface area contributed by atoms with Crippen molar-refractivity contribution in [2.24, 2.45) is 5.73 Å². The molecule has 0 aromatic carbocycles. The first-order chi connectivity index (χ1) is 5.20. The van der Waals surface area contributed by atoms with Crippen LogP contribution in [0.25, 0.3) is 0 Å². The summed E-state index contributed by atoms with van der Waals surface area (Å²) in [6.45, 7) is 4.44. The third kappa shape index (κ3) is 2.60. The van der Waals surface area contributed by atoms with Gasteiger partial charge in [-0.05, 0) is 32.9 Å². The van der Waals surface area contributed by atoms with E-state index in [9.17, 15) is 4.79 Å². The summed E-state index contributed by atoms with van der Waals surface area (Å²) in [5.41, 5.74) is 5.44. The van der Waals surface area contributed by atoms with E-state index in [1.807, 2.05) is 0 Å². The Balaban J connectivity index is 2.24. The summed E-state index contributed by atoms with van der Waals surface area (Å²) < 4.78 is 0. The fourth-order valence-corrected chi connectivity index (χ4v) is 1.31. The van der Waals surface area contributed by atoms with Gasteiger partial charge in [0, 0.05) is 0 Å². The minimum Gasteiger partial charge on any atom is -0.322 e. The molecule has 0 spiro atoms. The van der Waals surface area contributed by atoms with Gasteiger partial charge in [0.15, 0.2) is 5.78 Å². The van der Waals surface area contributed by atoms with E-state index in [4.69, 9.17) is 5.73 Å². The molecule has 2 N–H and O–H groups in total. The Bertz CT molecular complexity index is 139. The maximum atomic E-state index is 11.1. The summed E-state index contributed by atoms with van der Waals surface area (Å²) >= 11 is 0. The molecule has 1 rings (SSSR count). The lowest BCUT2D eigenvalue weighted by molar-refractivity contribution is -0.120. The molecule has 1 heterocycles. The fourth-order valence-electron chi connectivity index (χ4n) is 1.31. The molecule has 0 amide bonds. The molecule has 1 atom stereocenters. The number of ketones is 1. The summed E-state index contributed by atoms with van der Waals surface area (Å²) in [4.78, 5) is 13.3. The van der Waals surface area contributed by atoms with Crippen molar-refractivity contribution in [1.29, 1.82) is 0 Å². The average molecular weight is 156 g/mol. The van der Waals surface area contributed by atoms with Crippen LogP contribution in [0.2, 0.25) is 0 Å². The average Bonchev–Trinajstić information content (AvgIpc) is 2.39. The maximum absolute atomic E-state index is 11.1. The predicted molar refractivity (Wildman–Crippen MR) is 44.3 cm³/mol. The highest BCUT2D eigenvalue weighted by molar-refractivity contribution is 5.85. The number of hydrogen-bond acceptors (Lipinski definition) is 3. The topological polar surface area (TPSA) is 46.3 Å². The molecule has 0 aliphatic carbocycles. The molecule has 1 aliphatic heterocycles. The molecule has 0 aromatic rings. The molecule has 1 fully saturated rings. The SMILES string of the molecule is CC(N)C(=O)CN1CCCC1. The highest BCUT2D eigenvalue weighted by atomic mass is 16.1. The van der Waals surface area contributed by atoms with Gasteiger partial charge in [0.1, 0.15) is 0 Å². The van der Waals surface area contributed by atoms with Crippen molar-refractivity contribution in [3.63, 3.8) is 0 Å².